The first kappa shape index (κ1) is 15.3. The molecule has 20 heavy (non-hydrogen) atoms. The summed E-state index contributed by atoms with van der Waals surface area (Å²) in [6.07, 6.45) is 4.96. The molecule has 5 nitrogen and oxygen atoms in total. The van der Waals surface area contributed by atoms with Crippen molar-refractivity contribution in [3.63, 3.8) is 0 Å². The van der Waals surface area contributed by atoms with Gasteiger partial charge in [0.05, 0.1) is 6.54 Å². The van der Waals surface area contributed by atoms with Crippen LogP contribution < -0.4 is 5.32 Å². The number of nitrogens with one attached hydrogen (secondary N) is 1. The van der Waals surface area contributed by atoms with Crippen molar-refractivity contribution in [1.29, 1.82) is 0 Å². The molecule has 0 aromatic carbocycles. The van der Waals surface area contributed by atoms with Crippen LogP contribution in [0.15, 0.2) is 0 Å². The number of amides is 1. The van der Waals surface area contributed by atoms with Gasteiger partial charge in [-0.2, -0.15) is 0 Å². The van der Waals surface area contributed by atoms with Crippen molar-refractivity contribution in [3.05, 3.63) is 0 Å². The number of likely N-dealkylation sites (tertiary alicyclic amines) is 1. The van der Waals surface area contributed by atoms with Gasteiger partial charge in [0.1, 0.15) is 6.04 Å². The van der Waals surface area contributed by atoms with Crippen molar-refractivity contribution < 1.29 is 14.7 Å². The summed E-state index contributed by atoms with van der Waals surface area (Å²) in [5.41, 5.74) is 0. The van der Waals surface area contributed by atoms with Gasteiger partial charge in [-0.15, -0.1) is 0 Å². The molecule has 2 N–H and O–H groups in total. The molecule has 2 aliphatic rings. The number of carbonyl (C=O) groups is 2. The summed E-state index contributed by atoms with van der Waals surface area (Å²) in [5, 5.41) is 12.2. The first-order chi connectivity index (χ1) is 9.49. The molecule has 0 bridgehead atoms. The maximum atomic E-state index is 12.1. The van der Waals surface area contributed by atoms with E-state index < -0.39 is 12.0 Å². The van der Waals surface area contributed by atoms with E-state index in [1.54, 1.807) is 4.90 Å². The van der Waals surface area contributed by atoms with Crippen LogP contribution in [0.2, 0.25) is 0 Å². The Morgan fingerprint density at radius 1 is 1.20 bits per heavy atom. The molecule has 0 aromatic heterocycles. The van der Waals surface area contributed by atoms with Crippen molar-refractivity contribution in [3.8, 4) is 0 Å². The number of hydrogen-bond donors (Lipinski definition) is 2. The smallest absolute Gasteiger partial charge is 0.320 e. The lowest BCUT2D eigenvalue weighted by atomic mass is 9.78. The van der Waals surface area contributed by atoms with E-state index in [1.807, 2.05) is 0 Å². The van der Waals surface area contributed by atoms with E-state index in [9.17, 15) is 9.59 Å². The van der Waals surface area contributed by atoms with Gasteiger partial charge in [0, 0.05) is 6.04 Å². The molecular formula is C15H26N2O3. The Labute approximate surface area is 120 Å². The van der Waals surface area contributed by atoms with Gasteiger partial charge in [0.25, 0.3) is 0 Å². The van der Waals surface area contributed by atoms with E-state index in [1.165, 1.54) is 6.42 Å². The third kappa shape index (κ3) is 3.51. The molecule has 2 rings (SSSR count). The van der Waals surface area contributed by atoms with Gasteiger partial charge in [0.15, 0.2) is 0 Å². The molecule has 2 fully saturated rings. The average molecular weight is 282 g/mol. The summed E-state index contributed by atoms with van der Waals surface area (Å²) in [4.78, 5) is 25.0. The molecule has 1 heterocycles. The highest BCUT2D eigenvalue weighted by molar-refractivity contribution is 5.80. The van der Waals surface area contributed by atoms with E-state index in [2.05, 4.69) is 19.2 Å². The van der Waals surface area contributed by atoms with Crippen LogP contribution in [-0.2, 0) is 9.59 Å². The first-order valence-electron chi connectivity index (χ1n) is 7.75. The molecule has 3 unspecified atom stereocenters. The minimum Gasteiger partial charge on any atom is -0.480 e. The SMILES string of the molecule is CC1CCCC(NC(=O)CN2CCC[C@@H]2C(=O)O)C1C. The van der Waals surface area contributed by atoms with Gasteiger partial charge in [0.2, 0.25) is 5.91 Å². The third-order valence-corrected chi connectivity index (χ3v) is 5.05. The Kier molecular flexibility index (Phi) is 5.02. The van der Waals surface area contributed by atoms with Gasteiger partial charge < -0.3 is 10.4 Å². The highest BCUT2D eigenvalue weighted by Crippen LogP contribution is 2.29. The monoisotopic (exact) mass is 282 g/mol. The van der Waals surface area contributed by atoms with Crippen molar-refractivity contribution in [2.75, 3.05) is 13.1 Å². The summed E-state index contributed by atoms with van der Waals surface area (Å²) in [7, 11) is 0. The second-order valence-electron chi connectivity index (χ2n) is 6.41. The molecule has 1 aliphatic carbocycles. The zero-order valence-corrected chi connectivity index (χ0v) is 12.5. The fraction of sp³-hybridized carbons (Fsp3) is 0.867. The predicted octanol–water partition coefficient (Wildman–Crippen LogP) is 1.48. The molecule has 1 saturated heterocycles. The average Bonchev–Trinajstić information content (AvgIpc) is 2.83. The quantitative estimate of drug-likeness (QED) is 0.819. The van der Waals surface area contributed by atoms with Crippen molar-refractivity contribution in [2.24, 2.45) is 11.8 Å². The van der Waals surface area contributed by atoms with Crippen LogP contribution in [0.4, 0.5) is 0 Å². The fourth-order valence-electron chi connectivity index (χ4n) is 3.52. The molecule has 114 valence electrons. The topological polar surface area (TPSA) is 69.6 Å². The maximum absolute atomic E-state index is 12.1. The van der Waals surface area contributed by atoms with E-state index in [0.29, 0.717) is 24.8 Å². The normalized spacial score (nSPS) is 34.9. The van der Waals surface area contributed by atoms with Crippen LogP contribution in [0.5, 0.6) is 0 Å². The van der Waals surface area contributed by atoms with Gasteiger partial charge in [-0.1, -0.05) is 26.7 Å². The molecule has 0 aromatic rings. The summed E-state index contributed by atoms with van der Waals surface area (Å²) in [6, 6.07) is -0.236. The second kappa shape index (κ2) is 6.57. The number of carbonyl (C=O) groups excluding carboxylic acids is 1. The van der Waals surface area contributed by atoms with Crippen molar-refractivity contribution in [2.45, 2.75) is 58.0 Å². The first-order valence-corrected chi connectivity index (χ1v) is 7.75. The lowest BCUT2D eigenvalue weighted by molar-refractivity contribution is -0.142. The number of hydrogen-bond acceptors (Lipinski definition) is 3. The number of carboxylic acid groups (broad SMARTS) is 1. The van der Waals surface area contributed by atoms with Crippen LogP contribution >= 0.6 is 0 Å². The molecule has 4 atom stereocenters. The Balaban J connectivity index is 1.84. The molecule has 1 amide bonds. The molecule has 5 heteroatoms. The fourth-order valence-corrected chi connectivity index (χ4v) is 3.52. The Morgan fingerprint density at radius 2 is 1.95 bits per heavy atom. The Hall–Kier alpha value is -1.10. The number of nitrogens with zero attached hydrogens (tertiary/aromatic N) is 1. The van der Waals surface area contributed by atoms with E-state index >= 15 is 0 Å². The number of rotatable bonds is 4. The lowest BCUT2D eigenvalue weighted by Gasteiger charge is -2.35. The third-order valence-electron chi connectivity index (χ3n) is 5.05. The highest BCUT2D eigenvalue weighted by Gasteiger charge is 2.33. The number of carboxylic acids is 1. The van der Waals surface area contributed by atoms with Gasteiger partial charge in [-0.25, -0.2) is 0 Å². The Bertz CT molecular complexity index is 372. The van der Waals surface area contributed by atoms with Crippen molar-refractivity contribution >= 4 is 11.9 Å². The van der Waals surface area contributed by atoms with Gasteiger partial charge >= 0.3 is 5.97 Å². The number of aliphatic carboxylic acids is 1. The van der Waals surface area contributed by atoms with Gasteiger partial charge in [-0.05, 0) is 37.6 Å². The molecule has 1 aliphatic heterocycles. The van der Waals surface area contributed by atoms with Crippen LogP contribution in [0.25, 0.3) is 0 Å². The van der Waals surface area contributed by atoms with Crippen LogP contribution in [0.3, 0.4) is 0 Å². The highest BCUT2D eigenvalue weighted by atomic mass is 16.4. The second-order valence-corrected chi connectivity index (χ2v) is 6.41. The summed E-state index contributed by atoms with van der Waals surface area (Å²) in [6.45, 7) is 5.37. The lowest BCUT2D eigenvalue weighted by Crippen LogP contribution is -2.49. The van der Waals surface area contributed by atoms with Crippen LogP contribution in [0, 0.1) is 11.8 Å². The minimum absolute atomic E-state index is 0.0240. The van der Waals surface area contributed by atoms with E-state index in [4.69, 9.17) is 5.11 Å². The Morgan fingerprint density at radius 3 is 2.65 bits per heavy atom. The molecule has 1 saturated carbocycles. The molecule has 0 radical (unpaired) electrons. The van der Waals surface area contributed by atoms with Crippen LogP contribution in [0.1, 0.15) is 46.0 Å². The standard InChI is InChI=1S/C15H26N2O3/c1-10-5-3-6-12(11(10)2)16-14(18)9-17-8-4-7-13(17)15(19)20/h10-13H,3-9H2,1-2H3,(H,16,18)(H,19,20)/t10?,11?,12?,13-/m1/s1. The zero-order chi connectivity index (χ0) is 14.7. The summed E-state index contributed by atoms with van der Waals surface area (Å²) >= 11 is 0. The molecule has 0 spiro atoms. The summed E-state index contributed by atoms with van der Waals surface area (Å²) in [5.74, 6) is 0.313. The van der Waals surface area contributed by atoms with E-state index in [-0.39, 0.29) is 18.5 Å². The predicted molar refractivity (Wildman–Crippen MR) is 76.3 cm³/mol. The zero-order valence-electron chi connectivity index (χ0n) is 12.5. The van der Waals surface area contributed by atoms with Crippen molar-refractivity contribution in [1.82, 2.24) is 10.2 Å². The summed E-state index contributed by atoms with van der Waals surface area (Å²) < 4.78 is 0. The largest absolute Gasteiger partial charge is 0.480 e. The van der Waals surface area contributed by atoms with Crippen LogP contribution in [-0.4, -0.2) is 47.1 Å². The molecular weight excluding hydrogens is 256 g/mol. The maximum Gasteiger partial charge on any atom is 0.320 e. The van der Waals surface area contributed by atoms with Gasteiger partial charge in [-0.3, -0.25) is 14.5 Å². The minimum atomic E-state index is -0.810. The van der Waals surface area contributed by atoms with E-state index in [0.717, 1.165) is 19.3 Å².